The van der Waals surface area contributed by atoms with Crippen LogP contribution in [0.15, 0.2) is 47.5 Å². The van der Waals surface area contributed by atoms with Crippen molar-refractivity contribution >= 4 is 11.8 Å². The molecule has 1 N–H and O–H groups in total. The molecule has 0 saturated carbocycles. The number of nitrogens with zero attached hydrogens (tertiary/aromatic N) is 1. The first-order valence-corrected chi connectivity index (χ1v) is 7.70. The third-order valence-electron chi connectivity index (χ3n) is 3.20. The SMILES string of the molecule is CSc1ccc(C(C)NCc2ccc(C)nc2)cc1. The second-order valence-electron chi connectivity index (χ2n) is 4.68. The minimum atomic E-state index is 0.345. The fourth-order valence-corrected chi connectivity index (χ4v) is 2.29. The predicted molar refractivity (Wildman–Crippen MR) is 82.5 cm³/mol. The molecule has 3 heteroatoms. The maximum Gasteiger partial charge on any atom is 0.0372 e. The number of aryl methyl sites for hydroxylation is 1. The summed E-state index contributed by atoms with van der Waals surface area (Å²) in [6.07, 6.45) is 4.03. The number of hydrogen-bond acceptors (Lipinski definition) is 3. The normalized spacial score (nSPS) is 12.4. The molecule has 0 aliphatic heterocycles. The van der Waals surface area contributed by atoms with Crippen LogP contribution in [0.5, 0.6) is 0 Å². The molecule has 0 spiro atoms. The van der Waals surface area contributed by atoms with Gasteiger partial charge in [-0.25, -0.2) is 0 Å². The van der Waals surface area contributed by atoms with Gasteiger partial charge in [-0.05, 0) is 49.4 Å². The van der Waals surface area contributed by atoms with Gasteiger partial charge in [0.15, 0.2) is 0 Å². The third kappa shape index (κ3) is 4.08. The molecule has 0 aliphatic rings. The highest BCUT2D eigenvalue weighted by Gasteiger charge is 2.04. The molecule has 0 amide bonds. The Kier molecular flexibility index (Phi) is 5.00. The summed E-state index contributed by atoms with van der Waals surface area (Å²) in [6.45, 7) is 5.04. The van der Waals surface area contributed by atoms with Gasteiger partial charge in [0.1, 0.15) is 0 Å². The molecule has 1 heterocycles. The van der Waals surface area contributed by atoms with Crippen LogP contribution in [-0.4, -0.2) is 11.2 Å². The minimum absolute atomic E-state index is 0.345. The Morgan fingerprint density at radius 2 is 1.89 bits per heavy atom. The molecular weight excluding hydrogens is 252 g/mol. The quantitative estimate of drug-likeness (QED) is 0.834. The lowest BCUT2D eigenvalue weighted by Crippen LogP contribution is -2.18. The molecule has 0 aliphatic carbocycles. The molecule has 1 aromatic heterocycles. The van der Waals surface area contributed by atoms with Gasteiger partial charge < -0.3 is 5.32 Å². The molecule has 1 aromatic carbocycles. The predicted octanol–water partition coefficient (Wildman–Crippen LogP) is 3.96. The van der Waals surface area contributed by atoms with Crippen molar-refractivity contribution in [3.63, 3.8) is 0 Å². The maximum atomic E-state index is 4.31. The molecule has 2 rings (SSSR count). The number of aromatic nitrogens is 1. The molecule has 100 valence electrons. The summed E-state index contributed by atoms with van der Waals surface area (Å²) in [4.78, 5) is 5.61. The highest BCUT2D eigenvalue weighted by atomic mass is 32.2. The van der Waals surface area contributed by atoms with E-state index in [0.717, 1.165) is 12.2 Å². The Morgan fingerprint density at radius 1 is 1.16 bits per heavy atom. The van der Waals surface area contributed by atoms with Crippen LogP contribution in [0.2, 0.25) is 0 Å². The molecule has 0 saturated heterocycles. The van der Waals surface area contributed by atoms with E-state index < -0.39 is 0 Å². The van der Waals surface area contributed by atoms with Crippen LogP contribution < -0.4 is 5.32 Å². The van der Waals surface area contributed by atoms with E-state index in [-0.39, 0.29) is 0 Å². The second kappa shape index (κ2) is 6.73. The maximum absolute atomic E-state index is 4.31. The molecule has 1 atom stereocenters. The largest absolute Gasteiger partial charge is 0.306 e. The van der Waals surface area contributed by atoms with E-state index in [1.807, 2.05) is 13.1 Å². The van der Waals surface area contributed by atoms with E-state index >= 15 is 0 Å². The summed E-state index contributed by atoms with van der Waals surface area (Å²) in [5.41, 5.74) is 3.60. The van der Waals surface area contributed by atoms with Gasteiger partial charge in [-0.3, -0.25) is 4.98 Å². The van der Waals surface area contributed by atoms with Crippen molar-refractivity contribution in [3.05, 3.63) is 59.4 Å². The average molecular weight is 272 g/mol. The first-order valence-electron chi connectivity index (χ1n) is 6.48. The van der Waals surface area contributed by atoms with Gasteiger partial charge in [-0.2, -0.15) is 0 Å². The van der Waals surface area contributed by atoms with Gasteiger partial charge >= 0.3 is 0 Å². The summed E-state index contributed by atoms with van der Waals surface area (Å²) < 4.78 is 0. The van der Waals surface area contributed by atoms with E-state index in [1.165, 1.54) is 16.0 Å². The first kappa shape index (κ1) is 14.1. The number of hydrogen-bond donors (Lipinski definition) is 1. The first-order chi connectivity index (χ1) is 9.19. The molecule has 2 nitrogen and oxygen atoms in total. The highest BCUT2D eigenvalue weighted by molar-refractivity contribution is 7.98. The Hall–Kier alpha value is -1.32. The van der Waals surface area contributed by atoms with Crippen LogP contribution in [0.1, 0.15) is 29.8 Å². The van der Waals surface area contributed by atoms with Gasteiger partial charge in [-0.1, -0.05) is 18.2 Å². The zero-order valence-electron chi connectivity index (χ0n) is 11.7. The van der Waals surface area contributed by atoms with Gasteiger partial charge in [0.2, 0.25) is 0 Å². The van der Waals surface area contributed by atoms with Gasteiger partial charge in [-0.15, -0.1) is 11.8 Å². The van der Waals surface area contributed by atoms with Crippen LogP contribution >= 0.6 is 11.8 Å². The fourth-order valence-electron chi connectivity index (χ4n) is 1.88. The zero-order valence-corrected chi connectivity index (χ0v) is 12.5. The lowest BCUT2D eigenvalue weighted by atomic mass is 10.1. The summed E-state index contributed by atoms with van der Waals surface area (Å²) in [5, 5.41) is 3.53. The van der Waals surface area contributed by atoms with E-state index in [1.54, 1.807) is 11.8 Å². The van der Waals surface area contributed by atoms with E-state index in [9.17, 15) is 0 Å². The van der Waals surface area contributed by atoms with Crippen LogP contribution in [0, 0.1) is 6.92 Å². The van der Waals surface area contributed by atoms with Crippen molar-refractivity contribution in [2.24, 2.45) is 0 Å². The number of benzene rings is 1. The van der Waals surface area contributed by atoms with Gasteiger partial charge in [0.05, 0.1) is 0 Å². The van der Waals surface area contributed by atoms with Crippen LogP contribution in [0.3, 0.4) is 0 Å². The van der Waals surface area contributed by atoms with Crippen LogP contribution in [-0.2, 0) is 6.54 Å². The van der Waals surface area contributed by atoms with Crippen molar-refractivity contribution in [1.82, 2.24) is 10.3 Å². The van der Waals surface area contributed by atoms with E-state index in [0.29, 0.717) is 6.04 Å². The fraction of sp³-hybridized carbons (Fsp3) is 0.312. The number of rotatable bonds is 5. The lowest BCUT2D eigenvalue weighted by Gasteiger charge is -2.14. The topological polar surface area (TPSA) is 24.9 Å². The highest BCUT2D eigenvalue weighted by Crippen LogP contribution is 2.19. The Labute approximate surface area is 119 Å². The number of nitrogens with one attached hydrogen (secondary N) is 1. The molecule has 1 unspecified atom stereocenters. The molecule has 0 radical (unpaired) electrons. The molecule has 2 aromatic rings. The summed E-state index contributed by atoms with van der Waals surface area (Å²) >= 11 is 1.77. The number of pyridine rings is 1. The Bertz CT molecular complexity index is 505. The monoisotopic (exact) mass is 272 g/mol. The average Bonchev–Trinajstić information content (AvgIpc) is 2.46. The van der Waals surface area contributed by atoms with E-state index in [2.05, 4.69) is 59.9 Å². The summed E-state index contributed by atoms with van der Waals surface area (Å²) in [6, 6.07) is 13.2. The third-order valence-corrected chi connectivity index (χ3v) is 3.94. The summed E-state index contributed by atoms with van der Waals surface area (Å²) in [7, 11) is 0. The van der Waals surface area contributed by atoms with E-state index in [4.69, 9.17) is 0 Å². The molecular formula is C16H20N2S. The number of thioether (sulfide) groups is 1. The molecule has 0 fully saturated rings. The second-order valence-corrected chi connectivity index (χ2v) is 5.56. The molecule has 0 bridgehead atoms. The van der Waals surface area contributed by atoms with Crippen molar-refractivity contribution in [1.29, 1.82) is 0 Å². The van der Waals surface area contributed by atoms with Gasteiger partial charge in [0.25, 0.3) is 0 Å². The van der Waals surface area contributed by atoms with Crippen molar-refractivity contribution < 1.29 is 0 Å². The van der Waals surface area contributed by atoms with Gasteiger partial charge in [0, 0.05) is 29.4 Å². The van der Waals surface area contributed by atoms with Crippen LogP contribution in [0.25, 0.3) is 0 Å². The van der Waals surface area contributed by atoms with Crippen molar-refractivity contribution in [2.75, 3.05) is 6.26 Å². The molecule has 19 heavy (non-hydrogen) atoms. The van der Waals surface area contributed by atoms with Crippen molar-refractivity contribution in [3.8, 4) is 0 Å². The Morgan fingerprint density at radius 3 is 2.47 bits per heavy atom. The summed E-state index contributed by atoms with van der Waals surface area (Å²) in [5.74, 6) is 0. The standard InChI is InChI=1S/C16H20N2S/c1-12-4-5-14(10-17-12)11-18-13(2)15-6-8-16(19-3)9-7-15/h4-10,13,18H,11H2,1-3H3. The smallest absolute Gasteiger partial charge is 0.0372 e. The zero-order chi connectivity index (χ0) is 13.7. The minimum Gasteiger partial charge on any atom is -0.306 e. The van der Waals surface area contributed by atoms with Crippen LogP contribution in [0.4, 0.5) is 0 Å². The van der Waals surface area contributed by atoms with Crippen molar-refractivity contribution in [2.45, 2.75) is 31.3 Å². The Balaban J connectivity index is 1.93. The lowest BCUT2D eigenvalue weighted by molar-refractivity contribution is 0.573.